The van der Waals surface area contributed by atoms with Gasteiger partial charge in [-0.2, -0.15) is 0 Å². The van der Waals surface area contributed by atoms with Gasteiger partial charge in [-0.3, -0.25) is 28.5 Å². The molecule has 2 heterocycles. The maximum Gasteiger partial charge on any atom is 0.330 e. The smallest absolute Gasteiger partial charge is 0.330 e. The molecular formula is C17H29N5O3. The average Bonchev–Trinajstić information content (AvgIpc) is 2.60. The largest absolute Gasteiger partial charge is 0.342 e. The molecule has 1 amide bonds. The molecule has 1 aromatic rings. The molecule has 25 heavy (non-hydrogen) atoms. The van der Waals surface area contributed by atoms with Crippen LogP contribution in [0.5, 0.6) is 0 Å². The van der Waals surface area contributed by atoms with Crippen LogP contribution < -0.4 is 11.2 Å². The summed E-state index contributed by atoms with van der Waals surface area (Å²) in [6.45, 7) is 9.75. The van der Waals surface area contributed by atoms with E-state index in [1.54, 1.807) is 7.05 Å². The zero-order valence-electron chi connectivity index (χ0n) is 15.7. The number of hydrogen-bond donors (Lipinski definition) is 0. The molecule has 0 aliphatic carbocycles. The summed E-state index contributed by atoms with van der Waals surface area (Å²) in [5, 5.41) is 0. The Kier molecular flexibility index (Phi) is 6.55. The van der Waals surface area contributed by atoms with Crippen LogP contribution in [0.2, 0.25) is 0 Å². The topological polar surface area (TPSA) is 70.8 Å². The Labute approximate surface area is 148 Å². The zero-order valence-corrected chi connectivity index (χ0v) is 15.7. The van der Waals surface area contributed by atoms with Crippen LogP contribution in [0.1, 0.15) is 19.5 Å². The van der Waals surface area contributed by atoms with Gasteiger partial charge in [0.25, 0.3) is 5.56 Å². The molecule has 0 unspecified atom stereocenters. The van der Waals surface area contributed by atoms with Crippen LogP contribution in [0.4, 0.5) is 0 Å². The summed E-state index contributed by atoms with van der Waals surface area (Å²) in [7, 11) is 3.18. The van der Waals surface area contributed by atoms with Crippen molar-refractivity contribution in [2.24, 2.45) is 14.1 Å². The Morgan fingerprint density at radius 3 is 2.12 bits per heavy atom. The van der Waals surface area contributed by atoms with E-state index in [0.29, 0.717) is 13.1 Å². The van der Waals surface area contributed by atoms with Crippen molar-refractivity contribution in [1.29, 1.82) is 0 Å². The summed E-state index contributed by atoms with van der Waals surface area (Å²) in [5.74, 6) is 0.174. The Balaban J connectivity index is 1.92. The fraction of sp³-hybridized carbons (Fsp3) is 0.706. The third-order valence-electron chi connectivity index (χ3n) is 4.95. The number of piperazine rings is 1. The van der Waals surface area contributed by atoms with Gasteiger partial charge in [-0.1, -0.05) is 0 Å². The van der Waals surface area contributed by atoms with E-state index >= 15 is 0 Å². The van der Waals surface area contributed by atoms with Gasteiger partial charge in [0.2, 0.25) is 5.91 Å². The van der Waals surface area contributed by atoms with Crippen LogP contribution in [0.15, 0.2) is 15.7 Å². The van der Waals surface area contributed by atoms with Gasteiger partial charge in [-0.25, -0.2) is 4.79 Å². The first-order valence-electron chi connectivity index (χ1n) is 8.85. The molecule has 0 saturated carbocycles. The highest BCUT2D eigenvalue weighted by Crippen LogP contribution is 2.07. The molecule has 1 saturated heterocycles. The molecule has 1 aromatic heterocycles. The molecule has 8 heteroatoms. The summed E-state index contributed by atoms with van der Waals surface area (Å²) in [5.41, 5.74) is 0.147. The lowest BCUT2D eigenvalue weighted by atomic mass is 10.2. The van der Waals surface area contributed by atoms with Gasteiger partial charge in [0, 0.05) is 71.7 Å². The van der Waals surface area contributed by atoms with E-state index in [1.807, 2.05) is 18.7 Å². The molecule has 140 valence electrons. The molecule has 8 nitrogen and oxygen atoms in total. The predicted molar refractivity (Wildman–Crippen MR) is 96.6 cm³/mol. The number of aromatic nitrogens is 2. The van der Waals surface area contributed by atoms with Gasteiger partial charge in [-0.05, 0) is 13.8 Å². The molecule has 0 aromatic carbocycles. The number of hydrogen-bond acceptors (Lipinski definition) is 5. The zero-order chi connectivity index (χ0) is 18.6. The summed E-state index contributed by atoms with van der Waals surface area (Å²) >= 11 is 0. The first-order chi connectivity index (χ1) is 11.9. The van der Waals surface area contributed by atoms with E-state index in [1.165, 1.54) is 17.7 Å². The summed E-state index contributed by atoms with van der Waals surface area (Å²) < 4.78 is 2.64. The second kappa shape index (κ2) is 8.44. The molecular weight excluding hydrogens is 322 g/mol. The number of carbonyl (C=O) groups excluding carboxylic acids is 1. The highest BCUT2D eigenvalue weighted by Gasteiger charge is 2.21. The van der Waals surface area contributed by atoms with Crippen LogP contribution in [0.3, 0.4) is 0 Å². The van der Waals surface area contributed by atoms with Gasteiger partial charge >= 0.3 is 5.69 Å². The second-order valence-corrected chi connectivity index (χ2v) is 6.49. The Morgan fingerprint density at radius 1 is 1.00 bits per heavy atom. The van der Waals surface area contributed by atoms with Crippen molar-refractivity contribution >= 4 is 5.91 Å². The van der Waals surface area contributed by atoms with Crippen molar-refractivity contribution in [3.63, 3.8) is 0 Å². The highest BCUT2D eigenvalue weighted by atomic mass is 16.2. The summed E-state index contributed by atoms with van der Waals surface area (Å²) in [6.07, 6.45) is 0. The maximum absolute atomic E-state index is 12.2. The summed E-state index contributed by atoms with van der Waals surface area (Å²) in [4.78, 5) is 42.3. The Hall–Kier alpha value is -1.93. The first-order valence-corrected chi connectivity index (χ1v) is 8.85. The van der Waals surface area contributed by atoms with Crippen LogP contribution in [0, 0.1) is 0 Å². The first kappa shape index (κ1) is 19.4. The van der Waals surface area contributed by atoms with Crippen LogP contribution >= 0.6 is 0 Å². The standard InChI is InChI=1S/C17H29N5O3/c1-5-22(6-2)16(24)13-21-9-7-20(8-10-21)12-14-11-15(23)19(4)17(25)18(14)3/h11H,5-10,12-13H2,1-4H3. The van der Waals surface area contributed by atoms with Crippen molar-refractivity contribution in [3.8, 4) is 0 Å². The molecule has 1 fully saturated rings. The van der Waals surface area contributed by atoms with Crippen LogP contribution in [-0.2, 0) is 25.4 Å². The molecule has 0 atom stereocenters. The van der Waals surface area contributed by atoms with Gasteiger partial charge in [0.15, 0.2) is 0 Å². The Bertz CT molecular complexity index is 712. The molecule has 1 aliphatic rings. The minimum Gasteiger partial charge on any atom is -0.342 e. The molecule has 1 aliphatic heterocycles. The molecule has 2 rings (SSSR count). The molecule has 0 spiro atoms. The van der Waals surface area contributed by atoms with Gasteiger partial charge < -0.3 is 4.90 Å². The molecule has 0 bridgehead atoms. The van der Waals surface area contributed by atoms with E-state index in [2.05, 4.69) is 9.80 Å². The number of nitrogens with zero attached hydrogens (tertiary/aromatic N) is 5. The lowest BCUT2D eigenvalue weighted by molar-refractivity contribution is -0.132. The lowest BCUT2D eigenvalue weighted by Crippen LogP contribution is -2.50. The quantitative estimate of drug-likeness (QED) is 0.662. The SMILES string of the molecule is CCN(CC)C(=O)CN1CCN(Cc2cc(=O)n(C)c(=O)n2C)CC1. The van der Waals surface area contributed by atoms with Crippen molar-refractivity contribution in [3.05, 3.63) is 32.6 Å². The van der Waals surface area contributed by atoms with Crippen LogP contribution in [-0.4, -0.2) is 75.6 Å². The van der Waals surface area contributed by atoms with E-state index in [-0.39, 0.29) is 17.2 Å². The van der Waals surface area contributed by atoms with Crippen molar-refractivity contribution in [2.75, 3.05) is 45.8 Å². The fourth-order valence-corrected chi connectivity index (χ4v) is 3.13. The highest BCUT2D eigenvalue weighted by molar-refractivity contribution is 5.78. The summed E-state index contributed by atoms with van der Waals surface area (Å²) in [6, 6.07) is 1.53. The van der Waals surface area contributed by atoms with E-state index < -0.39 is 0 Å². The van der Waals surface area contributed by atoms with Crippen molar-refractivity contribution in [2.45, 2.75) is 20.4 Å². The molecule has 0 radical (unpaired) electrons. The fourth-order valence-electron chi connectivity index (χ4n) is 3.13. The third kappa shape index (κ3) is 4.58. The van der Waals surface area contributed by atoms with Crippen LogP contribution in [0.25, 0.3) is 0 Å². The minimum absolute atomic E-state index is 0.174. The lowest BCUT2D eigenvalue weighted by Gasteiger charge is -2.35. The number of rotatable bonds is 6. The van der Waals surface area contributed by atoms with E-state index in [9.17, 15) is 14.4 Å². The maximum atomic E-state index is 12.2. The predicted octanol–water partition coefficient (Wildman–Crippen LogP) is -0.930. The normalized spacial score (nSPS) is 16.2. The van der Waals surface area contributed by atoms with Gasteiger partial charge in [0.1, 0.15) is 0 Å². The number of carbonyl (C=O) groups is 1. The van der Waals surface area contributed by atoms with Gasteiger partial charge in [-0.15, -0.1) is 0 Å². The van der Waals surface area contributed by atoms with Crippen molar-refractivity contribution < 1.29 is 4.79 Å². The number of amides is 1. The average molecular weight is 351 g/mol. The number of likely N-dealkylation sites (N-methyl/N-ethyl adjacent to an activating group) is 1. The van der Waals surface area contributed by atoms with E-state index in [0.717, 1.165) is 49.5 Å². The van der Waals surface area contributed by atoms with Crippen molar-refractivity contribution in [1.82, 2.24) is 23.8 Å². The minimum atomic E-state index is -0.300. The monoisotopic (exact) mass is 351 g/mol. The molecule has 0 N–H and O–H groups in total. The second-order valence-electron chi connectivity index (χ2n) is 6.49. The third-order valence-corrected chi connectivity index (χ3v) is 4.95. The van der Waals surface area contributed by atoms with E-state index in [4.69, 9.17) is 0 Å². The van der Waals surface area contributed by atoms with Gasteiger partial charge in [0.05, 0.1) is 6.54 Å². The Morgan fingerprint density at radius 2 is 1.56 bits per heavy atom.